The van der Waals surface area contributed by atoms with E-state index in [-0.39, 0.29) is 5.54 Å². The molecule has 0 bridgehead atoms. The van der Waals surface area contributed by atoms with Crippen LogP contribution in [0.1, 0.15) is 39.1 Å². The van der Waals surface area contributed by atoms with E-state index in [1.165, 1.54) is 16.3 Å². The number of benzene rings is 2. The molecule has 29 heavy (non-hydrogen) atoms. The molecular formula is C25H28N4. The molecule has 2 aromatic carbocycles. The minimum atomic E-state index is 0.197. The Hall–Kier alpha value is -2.72. The molecule has 0 saturated carbocycles. The van der Waals surface area contributed by atoms with Gasteiger partial charge in [-0.05, 0) is 62.6 Å². The van der Waals surface area contributed by atoms with Crippen LogP contribution in [-0.2, 0) is 0 Å². The first-order valence-corrected chi connectivity index (χ1v) is 10.5. The quantitative estimate of drug-likeness (QED) is 0.451. The van der Waals surface area contributed by atoms with Gasteiger partial charge in [-0.25, -0.2) is 9.97 Å². The van der Waals surface area contributed by atoms with Gasteiger partial charge in [0.15, 0.2) is 5.65 Å². The van der Waals surface area contributed by atoms with Crippen molar-refractivity contribution >= 4 is 21.9 Å². The van der Waals surface area contributed by atoms with Crippen LogP contribution in [-0.4, -0.2) is 38.1 Å². The maximum Gasteiger partial charge on any atom is 0.160 e. The van der Waals surface area contributed by atoms with E-state index in [2.05, 4.69) is 85.7 Å². The second kappa shape index (κ2) is 6.67. The molecular weight excluding hydrogens is 356 g/mol. The van der Waals surface area contributed by atoms with Crippen LogP contribution in [0.2, 0.25) is 0 Å². The summed E-state index contributed by atoms with van der Waals surface area (Å²) >= 11 is 0. The van der Waals surface area contributed by atoms with Crippen molar-refractivity contribution in [2.45, 2.75) is 45.7 Å². The van der Waals surface area contributed by atoms with Crippen molar-refractivity contribution in [3.8, 4) is 11.1 Å². The van der Waals surface area contributed by atoms with Crippen molar-refractivity contribution < 1.29 is 0 Å². The molecule has 1 saturated heterocycles. The largest absolute Gasteiger partial charge is 0.308 e. The highest BCUT2D eigenvalue weighted by atomic mass is 15.3. The van der Waals surface area contributed by atoms with Crippen LogP contribution in [0.3, 0.4) is 0 Å². The molecule has 0 aliphatic carbocycles. The second-order valence-electron chi connectivity index (χ2n) is 9.18. The summed E-state index contributed by atoms with van der Waals surface area (Å²) in [5.41, 5.74) is 4.57. The highest BCUT2D eigenvalue weighted by Crippen LogP contribution is 2.34. The average Bonchev–Trinajstić information content (AvgIpc) is 3.31. The van der Waals surface area contributed by atoms with Gasteiger partial charge in [-0.3, -0.25) is 4.90 Å². The first kappa shape index (κ1) is 18.3. The zero-order valence-corrected chi connectivity index (χ0v) is 17.7. The van der Waals surface area contributed by atoms with Crippen molar-refractivity contribution in [3.63, 3.8) is 0 Å². The molecule has 5 rings (SSSR count). The lowest BCUT2D eigenvalue weighted by molar-refractivity contribution is 0.169. The average molecular weight is 385 g/mol. The minimum Gasteiger partial charge on any atom is -0.308 e. The molecule has 3 heterocycles. The van der Waals surface area contributed by atoms with Gasteiger partial charge in [-0.2, -0.15) is 0 Å². The van der Waals surface area contributed by atoms with Crippen molar-refractivity contribution in [1.29, 1.82) is 0 Å². The number of aryl methyl sites for hydroxylation is 1. The molecule has 148 valence electrons. The first-order chi connectivity index (χ1) is 13.9. The third-order valence-corrected chi connectivity index (χ3v) is 6.29. The number of aromatic nitrogens is 3. The molecule has 4 heteroatoms. The van der Waals surface area contributed by atoms with Gasteiger partial charge >= 0.3 is 0 Å². The monoisotopic (exact) mass is 384 g/mol. The predicted octanol–water partition coefficient (Wildman–Crippen LogP) is 5.61. The molecule has 0 N–H and O–H groups in total. The van der Waals surface area contributed by atoms with E-state index in [9.17, 15) is 0 Å². The Balaban J connectivity index is 1.60. The van der Waals surface area contributed by atoms with Crippen molar-refractivity contribution in [3.05, 3.63) is 60.6 Å². The zero-order chi connectivity index (χ0) is 20.2. The Kier molecular flexibility index (Phi) is 4.21. The van der Waals surface area contributed by atoms with Gasteiger partial charge in [0.2, 0.25) is 0 Å². The molecule has 0 amide bonds. The number of pyridine rings is 1. The third-order valence-electron chi connectivity index (χ3n) is 6.29. The SMILES string of the molecule is Cc1nc2c(-c3ccc4ccccc4c3)ccnc2n1[C@H]1CCN(C(C)(C)C)C1. The van der Waals surface area contributed by atoms with Crippen molar-refractivity contribution in [1.82, 2.24) is 19.4 Å². The van der Waals surface area contributed by atoms with E-state index in [1.807, 2.05) is 6.20 Å². The Bertz CT molecular complexity index is 1200. The fourth-order valence-electron chi connectivity index (χ4n) is 4.69. The number of rotatable bonds is 2. The van der Waals surface area contributed by atoms with E-state index in [1.54, 1.807) is 0 Å². The van der Waals surface area contributed by atoms with Crippen molar-refractivity contribution in [2.75, 3.05) is 13.1 Å². The number of hydrogen-bond acceptors (Lipinski definition) is 3. The summed E-state index contributed by atoms with van der Waals surface area (Å²) in [4.78, 5) is 12.3. The highest BCUT2D eigenvalue weighted by molar-refractivity contribution is 5.94. The number of fused-ring (bicyclic) bond motifs is 2. The number of hydrogen-bond donors (Lipinski definition) is 0. The van der Waals surface area contributed by atoms with Gasteiger partial charge in [0.25, 0.3) is 0 Å². The van der Waals surface area contributed by atoms with E-state index in [0.717, 1.165) is 42.1 Å². The number of likely N-dealkylation sites (tertiary alicyclic amines) is 1. The molecule has 2 aromatic heterocycles. The smallest absolute Gasteiger partial charge is 0.160 e. The van der Waals surface area contributed by atoms with Crippen LogP contribution in [0, 0.1) is 6.92 Å². The topological polar surface area (TPSA) is 34.0 Å². The molecule has 1 atom stereocenters. The van der Waals surface area contributed by atoms with Crippen LogP contribution >= 0.6 is 0 Å². The first-order valence-electron chi connectivity index (χ1n) is 10.5. The fourth-order valence-corrected chi connectivity index (χ4v) is 4.69. The van der Waals surface area contributed by atoms with Crippen LogP contribution in [0.25, 0.3) is 33.1 Å². The third kappa shape index (κ3) is 3.12. The second-order valence-corrected chi connectivity index (χ2v) is 9.18. The van der Waals surface area contributed by atoms with Gasteiger partial charge < -0.3 is 4.57 Å². The van der Waals surface area contributed by atoms with Gasteiger partial charge in [-0.1, -0.05) is 36.4 Å². The Labute approximate surface area is 172 Å². The van der Waals surface area contributed by atoms with Gasteiger partial charge in [0.1, 0.15) is 11.3 Å². The lowest BCUT2D eigenvalue weighted by Crippen LogP contribution is -2.39. The number of nitrogens with zero attached hydrogens (tertiary/aromatic N) is 4. The summed E-state index contributed by atoms with van der Waals surface area (Å²) in [5.74, 6) is 1.06. The standard InChI is InChI=1S/C25H28N4/c1-17-27-23-22(20-10-9-18-7-5-6-8-19(18)15-20)11-13-26-24(23)29(17)21-12-14-28(16-21)25(2,3)4/h5-11,13,15,21H,12,14,16H2,1-4H3/t21-/m0/s1. The summed E-state index contributed by atoms with van der Waals surface area (Å²) in [6.07, 6.45) is 3.08. The van der Waals surface area contributed by atoms with E-state index >= 15 is 0 Å². The molecule has 0 spiro atoms. The number of imidazole rings is 1. The summed E-state index contributed by atoms with van der Waals surface area (Å²) in [6.45, 7) is 11.2. The normalized spacial score (nSPS) is 18.1. The van der Waals surface area contributed by atoms with Crippen LogP contribution in [0.15, 0.2) is 54.7 Å². The van der Waals surface area contributed by atoms with Crippen LogP contribution in [0.5, 0.6) is 0 Å². The fraction of sp³-hybridized carbons (Fsp3) is 0.360. The summed E-state index contributed by atoms with van der Waals surface area (Å²) in [7, 11) is 0. The molecule has 0 unspecified atom stereocenters. The summed E-state index contributed by atoms with van der Waals surface area (Å²) in [5, 5.41) is 2.51. The molecule has 0 radical (unpaired) electrons. The van der Waals surface area contributed by atoms with E-state index in [0.29, 0.717) is 6.04 Å². The molecule has 1 aliphatic rings. The molecule has 4 aromatic rings. The van der Waals surface area contributed by atoms with Gasteiger partial charge in [0, 0.05) is 30.4 Å². The maximum atomic E-state index is 4.98. The Morgan fingerprint density at radius 1 is 1.00 bits per heavy atom. The van der Waals surface area contributed by atoms with Crippen LogP contribution < -0.4 is 0 Å². The zero-order valence-electron chi connectivity index (χ0n) is 17.7. The Morgan fingerprint density at radius 3 is 2.55 bits per heavy atom. The molecule has 1 aliphatic heterocycles. The lowest BCUT2D eigenvalue weighted by atomic mass is 10.0. The van der Waals surface area contributed by atoms with E-state index in [4.69, 9.17) is 9.97 Å². The lowest BCUT2D eigenvalue weighted by Gasteiger charge is -2.31. The minimum absolute atomic E-state index is 0.197. The molecule has 4 nitrogen and oxygen atoms in total. The maximum absolute atomic E-state index is 4.98. The van der Waals surface area contributed by atoms with Gasteiger partial charge in [0.05, 0.1) is 6.04 Å². The van der Waals surface area contributed by atoms with Crippen molar-refractivity contribution in [2.24, 2.45) is 0 Å². The van der Waals surface area contributed by atoms with Crippen LogP contribution in [0.4, 0.5) is 0 Å². The highest BCUT2D eigenvalue weighted by Gasteiger charge is 2.32. The van der Waals surface area contributed by atoms with E-state index < -0.39 is 0 Å². The summed E-state index contributed by atoms with van der Waals surface area (Å²) in [6, 6.07) is 17.7. The Morgan fingerprint density at radius 2 is 1.79 bits per heavy atom. The predicted molar refractivity (Wildman–Crippen MR) is 120 cm³/mol. The summed E-state index contributed by atoms with van der Waals surface area (Å²) < 4.78 is 2.37. The molecule has 1 fully saturated rings. The van der Waals surface area contributed by atoms with Gasteiger partial charge in [-0.15, -0.1) is 0 Å².